The minimum atomic E-state index is 0.107. The molecule has 5 aromatic carbocycles. The molecule has 5 aromatic rings. The largest absolute Gasteiger partial charge is 0.355 e. The first kappa shape index (κ1) is 50.6. The van der Waals surface area contributed by atoms with Crippen LogP contribution in [0.25, 0.3) is 27.6 Å². The number of rotatable bonds is 12. The lowest BCUT2D eigenvalue weighted by molar-refractivity contribution is 0.274. The van der Waals surface area contributed by atoms with Crippen LogP contribution in [0.15, 0.2) is 233 Å². The van der Waals surface area contributed by atoms with Crippen LogP contribution in [0.1, 0.15) is 129 Å². The van der Waals surface area contributed by atoms with E-state index >= 15 is 0 Å². The first-order chi connectivity index (χ1) is 35.8. The van der Waals surface area contributed by atoms with Crippen LogP contribution in [0.4, 0.5) is 17.1 Å². The molecule has 2 heteroatoms. The zero-order chi connectivity index (χ0) is 51.5. The van der Waals surface area contributed by atoms with Crippen molar-refractivity contribution in [3.8, 4) is 0 Å². The molecular weight excluding hydrogens is 893 g/mol. The maximum Gasteiger partial charge on any atom is 0.0675 e. The van der Waals surface area contributed by atoms with Gasteiger partial charge in [-0.2, -0.15) is 0 Å². The van der Waals surface area contributed by atoms with Crippen LogP contribution in [0, 0.1) is 17.8 Å². The monoisotopic (exact) mass is 971 g/mol. The Morgan fingerprint density at radius 1 is 0.608 bits per heavy atom. The molecule has 0 radical (unpaired) electrons. The molecule has 74 heavy (non-hydrogen) atoms. The molecule has 0 fully saturated rings. The molecule has 0 N–H and O–H groups in total. The number of nitrogens with zero attached hydrogens (tertiary/aromatic N) is 2. The molecule has 0 aliphatic heterocycles. The predicted molar refractivity (Wildman–Crippen MR) is 321 cm³/mol. The Labute approximate surface area is 444 Å². The highest BCUT2D eigenvalue weighted by molar-refractivity contribution is 5.93. The van der Waals surface area contributed by atoms with Gasteiger partial charge >= 0.3 is 0 Å². The third-order valence-corrected chi connectivity index (χ3v) is 16.1. The fraction of sp³-hybridized carbons (Fsp3) is 0.306. The Hall–Kier alpha value is -6.90. The van der Waals surface area contributed by atoms with Gasteiger partial charge in [-0.15, -0.1) is 0 Å². The van der Waals surface area contributed by atoms with Gasteiger partial charge in [-0.1, -0.05) is 207 Å². The quantitative estimate of drug-likeness (QED) is 0.123. The highest BCUT2D eigenvalue weighted by Gasteiger charge is 2.28. The van der Waals surface area contributed by atoms with E-state index in [1.807, 2.05) is 0 Å². The minimum absolute atomic E-state index is 0.107. The van der Waals surface area contributed by atoms with Crippen LogP contribution in [-0.4, -0.2) is 17.0 Å². The number of anilines is 3. The average Bonchev–Trinajstić information content (AvgIpc) is 3.75. The van der Waals surface area contributed by atoms with Crippen LogP contribution in [-0.2, 0) is 0 Å². The molecule has 5 aliphatic carbocycles. The van der Waals surface area contributed by atoms with Crippen molar-refractivity contribution in [2.75, 3.05) is 4.90 Å². The van der Waals surface area contributed by atoms with E-state index in [4.69, 9.17) is 0 Å². The van der Waals surface area contributed by atoms with Gasteiger partial charge in [0.25, 0.3) is 0 Å². The average molecular weight is 971 g/mol. The van der Waals surface area contributed by atoms with E-state index in [0.29, 0.717) is 29.6 Å². The molecule has 2 bridgehead atoms. The van der Waals surface area contributed by atoms with Crippen LogP contribution in [0.2, 0.25) is 0 Å². The zero-order valence-electron chi connectivity index (χ0n) is 45.7. The summed E-state index contributed by atoms with van der Waals surface area (Å²) in [5, 5.41) is 5.05. The number of fused-ring (bicyclic) bond motifs is 4. The van der Waals surface area contributed by atoms with Gasteiger partial charge in [-0.05, 0) is 195 Å². The fourth-order valence-electron chi connectivity index (χ4n) is 11.6. The predicted octanol–water partition coefficient (Wildman–Crippen LogP) is 20.2. The van der Waals surface area contributed by atoms with Gasteiger partial charge in [0, 0.05) is 28.8 Å². The molecule has 0 aromatic heterocycles. The maximum atomic E-state index is 2.72. The van der Waals surface area contributed by atoms with Crippen molar-refractivity contribution in [3.05, 3.63) is 250 Å². The van der Waals surface area contributed by atoms with Gasteiger partial charge in [0.05, 0.1) is 6.04 Å². The lowest BCUT2D eigenvalue weighted by Gasteiger charge is -2.38. The summed E-state index contributed by atoms with van der Waals surface area (Å²) in [7, 11) is 0. The Balaban J connectivity index is 0.959. The van der Waals surface area contributed by atoms with Gasteiger partial charge in [0.2, 0.25) is 0 Å². The third-order valence-electron chi connectivity index (χ3n) is 16.1. The van der Waals surface area contributed by atoms with Crippen molar-refractivity contribution in [2.24, 2.45) is 17.8 Å². The van der Waals surface area contributed by atoms with Crippen molar-refractivity contribution in [3.63, 3.8) is 0 Å². The first-order valence-electron chi connectivity index (χ1n) is 27.9. The second kappa shape index (κ2) is 22.3. The highest BCUT2D eigenvalue weighted by atomic mass is 15.2. The smallest absolute Gasteiger partial charge is 0.0675 e. The molecule has 0 spiro atoms. The standard InChI is InChI=1S/C72H78N2/c1-48(2)58-18-10-14-55-39-54(40-58)15-11-20-69(41-55)73(70-21-13-17-57-24-25-61(51(7)8)44-66(57)47-70)67-19-12-16-56(30-35-67)52(9)38-53-22-33-68(34-23-53)74(71-36-31-62-42-59(49(3)4)26-28-64(62)45-71)72-37-32-63-43-60(50(5)6)27-29-65(63)46-72/h10-11,13,16-18,20-23,26-51,54,67,70H,12,14-15,19,24-25H2,1-9H3/b18-10-,20-11?,52-38+,55-39?,58-40+,69-41+. The van der Waals surface area contributed by atoms with Crippen molar-refractivity contribution in [1.82, 2.24) is 4.90 Å². The minimum Gasteiger partial charge on any atom is -0.355 e. The molecule has 5 aliphatic rings. The molecule has 3 atom stereocenters. The van der Waals surface area contributed by atoms with Crippen molar-refractivity contribution in [1.29, 1.82) is 0 Å². The summed E-state index contributed by atoms with van der Waals surface area (Å²) >= 11 is 0. The van der Waals surface area contributed by atoms with Crippen molar-refractivity contribution in [2.45, 2.75) is 125 Å². The summed E-state index contributed by atoms with van der Waals surface area (Å²) in [6.07, 6.45) is 45.3. The third kappa shape index (κ3) is 11.4. The molecule has 2 nitrogen and oxygen atoms in total. The highest BCUT2D eigenvalue weighted by Crippen LogP contribution is 2.40. The normalized spacial score (nSPS) is 22.0. The summed E-state index contributed by atoms with van der Waals surface area (Å²) in [4.78, 5) is 5.14. The van der Waals surface area contributed by atoms with E-state index in [1.165, 1.54) is 77.4 Å². The van der Waals surface area contributed by atoms with Gasteiger partial charge in [0.1, 0.15) is 0 Å². The van der Waals surface area contributed by atoms with Gasteiger partial charge in [-0.25, -0.2) is 0 Å². The molecule has 0 heterocycles. The Bertz CT molecular complexity index is 3210. The van der Waals surface area contributed by atoms with Gasteiger partial charge in [0.15, 0.2) is 0 Å². The van der Waals surface area contributed by atoms with E-state index in [9.17, 15) is 0 Å². The topological polar surface area (TPSA) is 6.48 Å². The number of hydrogen-bond acceptors (Lipinski definition) is 2. The molecule has 0 amide bonds. The first-order valence-corrected chi connectivity index (χ1v) is 27.9. The van der Waals surface area contributed by atoms with Crippen molar-refractivity contribution < 1.29 is 0 Å². The molecule has 376 valence electrons. The summed E-state index contributed by atoms with van der Waals surface area (Å²) < 4.78 is 0. The molecule has 0 saturated heterocycles. The van der Waals surface area contributed by atoms with E-state index in [2.05, 4.69) is 266 Å². The van der Waals surface area contributed by atoms with E-state index in [-0.39, 0.29) is 12.1 Å². The summed E-state index contributed by atoms with van der Waals surface area (Å²) in [5.74, 6) is 2.46. The van der Waals surface area contributed by atoms with Gasteiger partial charge in [-0.3, -0.25) is 0 Å². The zero-order valence-corrected chi connectivity index (χ0v) is 45.7. The van der Waals surface area contributed by atoms with Crippen LogP contribution >= 0.6 is 0 Å². The number of allylic oxidation sites excluding steroid dienone is 19. The molecule has 0 saturated carbocycles. The van der Waals surface area contributed by atoms with E-state index in [0.717, 1.165) is 55.6 Å². The Kier molecular flexibility index (Phi) is 15.3. The Morgan fingerprint density at radius 2 is 1.27 bits per heavy atom. The van der Waals surface area contributed by atoms with E-state index in [1.54, 1.807) is 5.57 Å². The number of benzene rings is 5. The fourth-order valence-corrected chi connectivity index (χ4v) is 11.6. The van der Waals surface area contributed by atoms with Gasteiger partial charge < -0.3 is 9.80 Å². The second-order valence-electron chi connectivity index (χ2n) is 22.8. The van der Waals surface area contributed by atoms with Crippen LogP contribution < -0.4 is 4.90 Å². The molecule has 10 rings (SSSR count). The maximum absolute atomic E-state index is 2.72. The second-order valence-corrected chi connectivity index (χ2v) is 22.8. The van der Waals surface area contributed by atoms with Crippen LogP contribution in [0.3, 0.4) is 0 Å². The van der Waals surface area contributed by atoms with Crippen LogP contribution in [0.5, 0.6) is 0 Å². The lowest BCUT2D eigenvalue weighted by atomic mass is 9.85. The van der Waals surface area contributed by atoms with Crippen molar-refractivity contribution >= 4 is 44.7 Å². The molecular formula is C72H78N2. The summed E-state index contributed by atoms with van der Waals surface area (Å²) in [5.41, 5.74) is 18.5. The number of hydrogen-bond donors (Lipinski definition) is 0. The lowest BCUT2D eigenvalue weighted by Crippen LogP contribution is -2.39. The summed E-state index contributed by atoms with van der Waals surface area (Å²) in [6, 6.07) is 37.2. The van der Waals surface area contributed by atoms with E-state index < -0.39 is 0 Å². The molecule has 3 unspecified atom stereocenters. The summed E-state index contributed by atoms with van der Waals surface area (Å²) in [6.45, 7) is 20.7. The Morgan fingerprint density at radius 3 is 1.93 bits per heavy atom. The SMILES string of the molecule is C/C(=C\c1ccc(N(c2ccc3cc(C(C)C)ccc3c2)c2ccc3cc(C(C)C)ccc3c2)cc1)C1=CCCC(N(/C2=C/C3=CC(/C=C(C(C)C)\C=C/C3)CC=C2)C2C=CC=C3CCC(C(C)C)=CC3=C2)C=C1.